The van der Waals surface area contributed by atoms with Crippen molar-refractivity contribution in [3.8, 4) is 0 Å². The molecular weight excluding hydrogens is 322 g/mol. The summed E-state index contributed by atoms with van der Waals surface area (Å²) in [6.07, 6.45) is 2.22. The molecule has 1 aliphatic rings. The number of halogens is 2. The van der Waals surface area contributed by atoms with Gasteiger partial charge in [0.05, 0.1) is 21.0 Å². The molecule has 16 heavy (non-hydrogen) atoms. The Hall–Kier alpha value is -0.560. The number of rotatable bonds is 3. The molecule has 0 aliphatic heterocycles. The lowest BCUT2D eigenvalue weighted by molar-refractivity contribution is 0.0329. The highest BCUT2D eigenvalue weighted by molar-refractivity contribution is 14.1. The van der Waals surface area contributed by atoms with Crippen LogP contribution in [0.3, 0.4) is 0 Å². The topological polar surface area (TPSA) is 47.3 Å². The maximum absolute atomic E-state index is 13.3. The average molecular weight is 336 g/mol. The summed E-state index contributed by atoms with van der Waals surface area (Å²) < 4.78 is 19.1. The van der Waals surface area contributed by atoms with Gasteiger partial charge < -0.3 is 15.8 Å². The SMILES string of the molecule is COC1CC(Nc2cc(F)c(I)cc2N)C1. The molecule has 0 aromatic heterocycles. The predicted octanol–water partition coefficient (Wildman–Crippen LogP) is 2.60. The molecule has 0 atom stereocenters. The number of hydrogen-bond donors (Lipinski definition) is 2. The van der Waals surface area contributed by atoms with E-state index in [1.54, 1.807) is 13.2 Å². The van der Waals surface area contributed by atoms with Gasteiger partial charge in [0.25, 0.3) is 0 Å². The van der Waals surface area contributed by atoms with Gasteiger partial charge in [0.15, 0.2) is 0 Å². The second kappa shape index (κ2) is 4.75. The minimum absolute atomic E-state index is 0.236. The second-order valence-corrected chi connectivity index (χ2v) is 5.19. The van der Waals surface area contributed by atoms with Crippen LogP contribution in [0.2, 0.25) is 0 Å². The van der Waals surface area contributed by atoms with Gasteiger partial charge >= 0.3 is 0 Å². The van der Waals surface area contributed by atoms with Crippen molar-refractivity contribution in [1.29, 1.82) is 0 Å². The number of ether oxygens (including phenoxy) is 1. The zero-order chi connectivity index (χ0) is 11.7. The van der Waals surface area contributed by atoms with E-state index >= 15 is 0 Å². The van der Waals surface area contributed by atoms with Crippen molar-refractivity contribution in [2.45, 2.75) is 25.0 Å². The van der Waals surface area contributed by atoms with Gasteiger partial charge in [-0.3, -0.25) is 0 Å². The molecule has 5 heteroatoms. The Morgan fingerprint density at radius 3 is 2.81 bits per heavy atom. The van der Waals surface area contributed by atoms with Crippen LogP contribution >= 0.6 is 22.6 Å². The number of nitrogens with two attached hydrogens (primary N) is 1. The van der Waals surface area contributed by atoms with Crippen molar-refractivity contribution in [2.24, 2.45) is 0 Å². The third kappa shape index (κ3) is 2.40. The maximum atomic E-state index is 13.3. The van der Waals surface area contributed by atoms with Gasteiger partial charge in [-0.1, -0.05) is 0 Å². The quantitative estimate of drug-likeness (QED) is 0.659. The number of nitrogen functional groups attached to an aromatic ring is 1. The molecule has 1 fully saturated rings. The summed E-state index contributed by atoms with van der Waals surface area (Å²) >= 11 is 1.93. The number of anilines is 2. The van der Waals surface area contributed by atoms with E-state index in [2.05, 4.69) is 5.32 Å². The van der Waals surface area contributed by atoms with E-state index in [0.29, 0.717) is 27.1 Å². The Balaban J connectivity index is 2.02. The summed E-state index contributed by atoms with van der Waals surface area (Å²) in [5.41, 5.74) is 7.09. The van der Waals surface area contributed by atoms with Crippen LogP contribution in [0, 0.1) is 9.39 Å². The van der Waals surface area contributed by atoms with Gasteiger partial charge in [-0.2, -0.15) is 0 Å². The first-order valence-corrected chi connectivity index (χ1v) is 6.22. The fourth-order valence-electron chi connectivity index (χ4n) is 1.78. The number of hydrogen-bond acceptors (Lipinski definition) is 3. The molecule has 1 saturated carbocycles. The van der Waals surface area contributed by atoms with Crippen LogP contribution < -0.4 is 11.1 Å². The van der Waals surface area contributed by atoms with Gasteiger partial charge in [0, 0.05) is 19.2 Å². The van der Waals surface area contributed by atoms with E-state index in [1.807, 2.05) is 22.6 Å². The van der Waals surface area contributed by atoms with Gasteiger partial charge in [-0.15, -0.1) is 0 Å². The molecule has 0 amide bonds. The van der Waals surface area contributed by atoms with E-state index in [9.17, 15) is 4.39 Å². The Kier molecular flexibility index (Phi) is 3.53. The first-order valence-electron chi connectivity index (χ1n) is 5.14. The summed E-state index contributed by atoms with van der Waals surface area (Å²) in [6, 6.07) is 3.44. The van der Waals surface area contributed by atoms with Gasteiger partial charge in [0.1, 0.15) is 5.82 Å². The Labute approximate surface area is 108 Å². The van der Waals surface area contributed by atoms with Crippen LogP contribution in [0.25, 0.3) is 0 Å². The van der Waals surface area contributed by atoms with Crippen LogP contribution in [-0.2, 0) is 4.74 Å². The van der Waals surface area contributed by atoms with Crippen molar-refractivity contribution < 1.29 is 9.13 Å². The van der Waals surface area contributed by atoms with Crippen LogP contribution in [0.1, 0.15) is 12.8 Å². The monoisotopic (exact) mass is 336 g/mol. The van der Waals surface area contributed by atoms with Crippen molar-refractivity contribution in [2.75, 3.05) is 18.2 Å². The van der Waals surface area contributed by atoms with Crippen LogP contribution in [0.5, 0.6) is 0 Å². The highest BCUT2D eigenvalue weighted by Crippen LogP contribution is 2.30. The Bertz CT molecular complexity index is 394. The summed E-state index contributed by atoms with van der Waals surface area (Å²) in [5.74, 6) is -0.236. The molecule has 1 aromatic rings. The summed E-state index contributed by atoms with van der Waals surface area (Å²) in [6.45, 7) is 0. The highest BCUT2D eigenvalue weighted by atomic mass is 127. The molecule has 88 valence electrons. The molecule has 0 bridgehead atoms. The maximum Gasteiger partial charge on any atom is 0.138 e. The average Bonchev–Trinajstić information content (AvgIpc) is 2.18. The molecule has 1 aliphatic carbocycles. The Morgan fingerprint density at radius 2 is 2.19 bits per heavy atom. The third-order valence-corrected chi connectivity index (χ3v) is 3.71. The van der Waals surface area contributed by atoms with E-state index in [4.69, 9.17) is 10.5 Å². The summed E-state index contributed by atoms with van der Waals surface area (Å²) in [7, 11) is 1.71. The van der Waals surface area contributed by atoms with Crippen LogP contribution in [0.15, 0.2) is 12.1 Å². The smallest absolute Gasteiger partial charge is 0.138 e. The fraction of sp³-hybridized carbons (Fsp3) is 0.455. The molecular formula is C11H14FIN2O. The van der Waals surface area contributed by atoms with E-state index in [0.717, 1.165) is 12.8 Å². The highest BCUT2D eigenvalue weighted by Gasteiger charge is 2.29. The second-order valence-electron chi connectivity index (χ2n) is 4.02. The molecule has 2 rings (SSSR count). The van der Waals surface area contributed by atoms with Crippen molar-refractivity contribution in [3.63, 3.8) is 0 Å². The van der Waals surface area contributed by atoms with Gasteiger partial charge in [-0.05, 0) is 41.5 Å². The fourth-order valence-corrected chi connectivity index (χ4v) is 2.27. The number of benzene rings is 1. The predicted molar refractivity (Wildman–Crippen MR) is 71.0 cm³/mol. The molecule has 1 aromatic carbocycles. The number of nitrogens with one attached hydrogen (secondary N) is 1. The lowest BCUT2D eigenvalue weighted by atomic mass is 9.89. The Morgan fingerprint density at radius 1 is 1.50 bits per heavy atom. The lowest BCUT2D eigenvalue weighted by Gasteiger charge is -2.35. The van der Waals surface area contributed by atoms with E-state index < -0.39 is 0 Å². The lowest BCUT2D eigenvalue weighted by Crippen LogP contribution is -2.40. The van der Waals surface area contributed by atoms with Gasteiger partial charge in [-0.25, -0.2) is 4.39 Å². The van der Waals surface area contributed by atoms with Crippen molar-refractivity contribution in [3.05, 3.63) is 21.5 Å². The van der Waals surface area contributed by atoms with Gasteiger partial charge in [0.2, 0.25) is 0 Å². The molecule has 0 heterocycles. The molecule has 3 N–H and O–H groups in total. The summed E-state index contributed by atoms with van der Waals surface area (Å²) in [4.78, 5) is 0. The first kappa shape index (κ1) is 11.9. The third-order valence-electron chi connectivity index (χ3n) is 2.88. The normalized spacial score (nSPS) is 23.9. The number of methoxy groups -OCH3 is 1. The van der Waals surface area contributed by atoms with Crippen LogP contribution in [0.4, 0.5) is 15.8 Å². The minimum atomic E-state index is -0.236. The van der Waals surface area contributed by atoms with Crippen molar-refractivity contribution in [1.82, 2.24) is 0 Å². The minimum Gasteiger partial charge on any atom is -0.397 e. The van der Waals surface area contributed by atoms with E-state index in [-0.39, 0.29) is 5.82 Å². The standard InChI is InChI=1S/C11H14FIN2O/c1-16-7-2-6(3-7)15-11-4-8(12)9(13)5-10(11)14/h4-7,15H,2-3,14H2,1H3. The van der Waals surface area contributed by atoms with Crippen LogP contribution in [-0.4, -0.2) is 19.3 Å². The van der Waals surface area contributed by atoms with Crippen molar-refractivity contribution >= 4 is 34.0 Å². The largest absolute Gasteiger partial charge is 0.397 e. The summed E-state index contributed by atoms with van der Waals surface area (Å²) in [5, 5.41) is 3.23. The molecule has 0 spiro atoms. The first-order chi connectivity index (χ1) is 7.60. The molecule has 3 nitrogen and oxygen atoms in total. The molecule has 0 saturated heterocycles. The molecule has 0 radical (unpaired) electrons. The van der Waals surface area contributed by atoms with E-state index in [1.165, 1.54) is 6.07 Å². The zero-order valence-corrected chi connectivity index (χ0v) is 11.1. The zero-order valence-electron chi connectivity index (χ0n) is 8.97. The molecule has 0 unspecified atom stereocenters.